The zero-order chi connectivity index (χ0) is 19.4. The highest BCUT2D eigenvalue weighted by Crippen LogP contribution is 2.33. The van der Waals surface area contributed by atoms with Gasteiger partial charge >= 0.3 is 0 Å². The zero-order valence-electron chi connectivity index (χ0n) is 17.6. The molecule has 0 aromatic carbocycles. The molecule has 0 amide bonds. The highest BCUT2D eigenvalue weighted by Gasteiger charge is 2.35. The van der Waals surface area contributed by atoms with Crippen LogP contribution in [0.1, 0.15) is 58.6 Å². The Bertz CT molecular complexity index is 647. The monoisotopic (exact) mass is 376 g/mol. The fourth-order valence-corrected chi connectivity index (χ4v) is 4.25. The molecule has 3 heterocycles. The first kappa shape index (κ1) is 20.1. The highest BCUT2D eigenvalue weighted by atomic mass is 16.5. The molecule has 0 radical (unpaired) electrons. The van der Waals surface area contributed by atoms with E-state index in [0.29, 0.717) is 12.0 Å². The second kappa shape index (κ2) is 8.59. The number of hydrogen-bond donors (Lipinski definition) is 2. The quantitative estimate of drug-likeness (QED) is 0.622. The van der Waals surface area contributed by atoms with Gasteiger partial charge in [0.15, 0.2) is 11.8 Å². The topological polar surface area (TPSA) is 76.4 Å². The van der Waals surface area contributed by atoms with E-state index in [-0.39, 0.29) is 11.5 Å². The van der Waals surface area contributed by atoms with Crippen LogP contribution >= 0.6 is 0 Å². The third-order valence-electron chi connectivity index (χ3n) is 5.61. The average molecular weight is 377 g/mol. The second-order valence-electron chi connectivity index (χ2n) is 8.87. The molecule has 2 N–H and O–H groups in total. The molecule has 3 unspecified atom stereocenters. The summed E-state index contributed by atoms with van der Waals surface area (Å²) in [7, 11) is 1.84. The van der Waals surface area contributed by atoms with E-state index < -0.39 is 0 Å². The van der Waals surface area contributed by atoms with Crippen molar-refractivity contribution in [3.8, 4) is 0 Å². The van der Waals surface area contributed by atoms with Gasteiger partial charge in [-0.15, -0.1) is 0 Å². The first-order valence-corrected chi connectivity index (χ1v) is 10.4. The van der Waals surface area contributed by atoms with Gasteiger partial charge in [0.1, 0.15) is 5.82 Å². The van der Waals surface area contributed by atoms with Crippen molar-refractivity contribution in [2.45, 2.75) is 78.5 Å². The first-order chi connectivity index (χ1) is 12.9. The van der Waals surface area contributed by atoms with Crippen LogP contribution in [0.4, 0.5) is 0 Å². The van der Waals surface area contributed by atoms with Crippen molar-refractivity contribution in [1.82, 2.24) is 25.4 Å². The van der Waals surface area contributed by atoms with Crippen molar-refractivity contribution < 1.29 is 4.74 Å². The Hall–Kier alpha value is -1.63. The Labute approximate surface area is 163 Å². The van der Waals surface area contributed by atoms with Crippen LogP contribution in [0.3, 0.4) is 0 Å². The molecule has 0 spiro atoms. The smallest absolute Gasteiger partial charge is 0.191 e. The third-order valence-corrected chi connectivity index (χ3v) is 5.61. The van der Waals surface area contributed by atoms with Crippen LogP contribution in [0.2, 0.25) is 0 Å². The molecule has 0 aliphatic carbocycles. The van der Waals surface area contributed by atoms with Crippen molar-refractivity contribution in [2.24, 2.45) is 16.3 Å². The van der Waals surface area contributed by atoms with Crippen LogP contribution in [-0.4, -0.2) is 53.1 Å². The number of nitrogens with zero attached hydrogens (tertiary/aromatic N) is 4. The minimum absolute atomic E-state index is 0.160. The van der Waals surface area contributed by atoms with E-state index in [1.807, 2.05) is 7.05 Å². The van der Waals surface area contributed by atoms with Crippen molar-refractivity contribution in [3.63, 3.8) is 0 Å². The summed E-state index contributed by atoms with van der Waals surface area (Å²) in [6, 6.07) is 0.330. The van der Waals surface area contributed by atoms with Crippen LogP contribution in [0, 0.1) is 11.3 Å². The van der Waals surface area contributed by atoms with Crippen LogP contribution in [0.25, 0.3) is 0 Å². The molecule has 1 saturated heterocycles. The van der Waals surface area contributed by atoms with Gasteiger partial charge in [-0.2, -0.15) is 5.10 Å². The molecule has 1 aromatic heterocycles. The molecule has 3 rings (SSSR count). The van der Waals surface area contributed by atoms with Crippen molar-refractivity contribution >= 4 is 5.96 Å². The van der Waals surface area contributed by atoms with E-state index in [1.165, 1.54) is 6.42 Å². The molecular weight excluding hydrogens is 340 g/mol. The summed E-state index contributed by atoms with van der Waals surface area (Å²) in [6.45, 7) is 11.5. The zero-order valence-corrected chi connectivity index (χ0v) is 17.6. The first-order valence-electron chi connectivity index (χ1n) is 10.4. The van der Waals surface area contributed by atoms with Gasteiger partial charge in [-0.1, -0.05) is 27.7 Å². The lowest BCUT2D eigenvalue weighted by Gasteiger charge is -2.40. The number of aryl methyl sites for hydroxylation is 2. The van der Waals surface area contributed by atoms with Gasteiger partial charge in [-0.05, 0) is 24.7 Å². The SMILES string of the molecule is CCc1nc2n(n1)CC(NC(=NC)NCC1CCCOC1C(C)(C)C)CC2. The van der Waals surface area contributed by atoms with Gasteiger partial charge < -0.3 is 15.4 Å². The van der Waals surface area contributed by atoms with E-state index >= 15 is 0 Å². The molecule has 2 aliphatic heterocycles. The summed E-state index contributed by atoms with van der Waals surface area (Å²) in [6.07, 6.45) is 5.54. The Morgan fingerprint density at radius 3 is 2.85 bits per heavy atom. The minimum atomic E-state index is 0.160. The number of hydrogen-bond acceptors (Lipinski definition) is 4. The average Bonchev–Trinajstić information content (AvgIpc) is 3.07. The molecule has 27 heavy (non-hydrogen) atoms. The number of nitrogens with one attached hydrogen (secondary N) is 2. The summed E-state index contributed by atoms with van der Waals surface area (Å²) in [5.41, 5.74) is 0.160. The molecule has 1 fully saturated rings. The summed E-state index contributed by atoms with van der Waals surface area (Å²) in [4.78, 5) is 9.04. The highest BCUT2D eigenvalue weighted by molar-refractivity contribution is 5.79. The van der Waals surface area contributed by atoms with E-state index in [9.17, 15) is 0 Å². The van der Waals surface area contributed by atoms with Gasteiger partial charge in [-0.3, -0.25) is 4.99 Å². The lowest BCUT2D eigenvalue weighted by atomic mass is 9.78. The van der Waals surface area contributed by atoms with Crippen LogP contribution in [0.5, 0.6) is 0 Å². The van der Waals surface area contributed by atoms with Crippen molar-refractivity contribution in [1.29, 1.82) is 0 Å². The molecule has 7 heteroatoms. The lowest BCUT2D eigenvalue weighted by Crippen LogP contribution is -2.50. The molecular formula is C20H36N6O. The third kappa shape index (κ3) is 5.00. The molecule has 0 bridgehead atoms. The molecule has 7 nitrogen and oxygen atoms in total. The predicted octanol–water partition coefficient (Wildman–Crippen LogP) is 2.16. The Morgan fingerprint density at radius 1 is 1.33 bits per heavy atom. The normalized spacial score (nSPS) is 26.6. The van der Waals surface area contributed by atoms with E-state index in [0.717, 1.165) is 63.0 Å². The molecule has 1 aromatic rings. The van der Waals surface area contributed by atoms with Crippen molar-refractivity contribution in [2.75, 3.05) is 20.2 Å². The summed E-state index contributed by atoms with van der Waals surface area (Å²) in [5.74, 6) is 3.44. The maximum Gasteiger partial charge on any atom is 0.191 e. The van der Waals surface area contributed by atoms with Gasteiger partial charge in [0.2, 0.25) is 0 Å². The molecule has 2 aliphatic rings. The molecule has 152 valence electrons. The number of fused-ring (bicyclic) bond motifs is 1. The van der Waals surface area contributed by atoms with Crippen molar-refractivity contribution in [3.05, 3.63) is 11.6 Å². The van der Waals surface area contributed by atoms with E-state index in [2.05, 4.69) is 58.1 Å². The summed E-state index contributed by atoms with van der Waals surface area (Å²) < 4.78 is 8.16. The van der Waals surface area contributed by atoms with Crippen LogP contribution < -0.4 is 10.6 Å². The number of aliphatic imine (C=N–C) groups is 1. The Kier molecular flexibility index (Phi) is 6.40. The van der Waals surface area contributed by atoms with Crippen LogP contribution in [0.15, 0.2) is 4.99 Å². The van der Waals surface area contributed by atoms with Gasteiger partial charge in [0.25, 0.3) is 0 Å². The van der Waals surface area contributed by atoms with E-state index in [4.69, 9.17) is 4.74 Å². The minimum Gasteiger partial charge on any atom is -0.377 e. The number of ether oxygens (including phenoxy) is 1. The maximum absolute atomic E-state index is 6.10. The summed E-state index contributed by atoms with van der Waals surface area (Å²) >= 11 is 0. The number of rotatable bonds is 4. The number of aromatic nitrogens is 3. The van der Waals surface area contributed by atoms with Gasteiger partial charge in [0, 0.05) is 45.0 Å². The van der Waals surface area contributed by atoms with E-state index in [1.54, 1.807) is 0 Å². The van der Waals surface area contributed by atoms with Gasteiger partial charge in [-0.25, -0.2) is 9.67 Å². The molecule has 3 atom stereocenters. The fraction of sp³-hybridized carbons (Fsp3) is 0.850. The standard InChI is InChI=1S/C20H36N6O/c1-6-16-24-17-10-9-15(13-26(17)25-16)23-19(21-5)22-12-14-8-7-11-27-18(14)20(2,3)4/h14-15,18H,6-13H2,1-5H3,(H2,21,22,23). The summed E-state index contributed by atoms with van der Waals surface area (Å²) in [5, 5.41) is 11.7. The second-order valence-corrected chi connectivity index (χ2v) is 8.87. The predicted molar refractivity (Wildman–Crippen MR) is 108 cm³/mol. The Morgan fingerprint density at radius 2 is 2.15 bits per heavy atom. The van der Waals surface area contributed by atoms with Crippen LogP contribution in [-0.2, 0) is 24.1 Å². The fourth-order valence-electron chi connectivity index (χ4n) is 4.25. The maximum atomic E-state index is 6.10. The van der Waals surface area contributed by atoms with Gasteiger partial charge in [0.05, 0.1) is 12.6 Å². The molecule has 0 saturated carbocycles. The lowest BCUT2D eigenvalue weighted by molar-refractivity contribution is -0.0835. The largest absolute Gasteiger partial charge is 0.377 e. The number of guanidine groups is 1. The Balaban J connectivity index is 1.54.